The third-order valence-electron chi connectivity index (χ3n) is 4.29. The van der Waals surface area contributed by atoms with Crippen LogP contribution in [0.1, 0.15) is 11.1 Å². The highest BCUT2D eigenvalue weighted by molar-refractivity contribution is 6.30. The van der Waals surface area contributed by atoms with E-state index in [0.717, 1.165) is 22.8 Å². The van der Waals surface area contributed by atoms with Crippen molar-refractivity contribution in [1.82, 2.24) is 14.4 Å². The number of fused-ring (bicyclic) bond motifs is 1. The van der Waals surface area contributed by atoms with Gasteiger partial charge in [-0.25, -0.2) is 9.97 Å². The van der Waals surface area contributed by atoms with E-state index in [2.05, 4.69) is 42.3 Å². The summed E-state index contributed by atoms with van der Waals surface area (Å²) < 4.78 is 1.96. The van der Waals surface area contributed by atoms with Crippen LogP contribution in [0.2, 0.25) is 5.02 Å². The van der Waals surface area contributed by atoms with Crippen molar-refractivity contribution < 1.29 is 0 Å². The molecule has 1 N–H and O–H groups in total. The van der Waals surface area contributed by atoms with E-state index in [1.54, 1.807) is 6.20 Å². The van der Waals surface area contributed by atoms with Crippen LogP contribution in [0, 0.1) is 13.8 Å². The van der Waals surface area contributed by atoms with Crippen molar-refractivity contribution in [2.45, 2.75) is 13.8 Å². The lowest BCUT2D eigenvalue weighted by molar-refractivity contribution is 1.11. The quantitative estimate of drug-likeness (QED) is 0.538. The third-order valence-corrected chi connectivity index (χ3v) is 4.54. The smallest absolute Gasteiger partial charge is 0.235 e. The molecule has 0 saturated heterocycles. The molecule has 2 heterocycles. The molecule has 0 radical (unpaired) electrons. The minimum atomic E-state index is 0.652. The van der Waals surface area contributed by atoms with Gasteiger partial charge in [0.25, 0.3) is 0 Å². The van der Waals surface area contributed by atoms with E-state index in [-0.39, 0.29) is 0 Å². The average Bonchev–Trinajstić information content (AvgIpc) is 2.97. The van der Waals surface area contributed by atoms with Crippen LogP contribution in [-0.4, -0.2) is 14.4 Å². The van der Waals surface area contributed by atoms with Crippen LogP contribution >= 0.6 is 11.6 Å². The summed E-state index contributed by atoms with van der Waals surface area (Å²) in [4.78, 5) is 9.06. The van der Waals surface area contributed by atoms with Gasteiger partial charge in [0.15, 0.2) is 0 Å². The zero-order valence-corrected chi connectivity index (χ0v) is 14.7. The summed E-state index contributed by atoms with van der Waals surface area (Å²) in [6.07, 6.45) is 3.70. The SMILES string of the molecule is Cc1ccc(Nc2c(-c3ccc(Cl)cc3)nc3ncccn23)cc1C. The summed E-state index contributed by atoms with van der Waals surface area (Å²) in [7, 11) is 0. The number of nitrogens with one attached hydrogen (secondary N) is 1. The molecular weight excluding hydrogens is 332 g/mol. The lowest BCUT2D eigenvalue weighted by atomic mass is 10.1. The molecule has 0 aliphatic rings. The first kappa shape index (κ1) is 15.7. The van der Waals surface area contributed by atoms with Gasteiger partial charge in [-0.05, 0) is 55.3 Å². The fraction of sp³-hybridized carbons (Fsp3) is 0.100. The maximum absolute atomic E-state index is 6.03. The Morgan fingerprint density at radius 2 is 1.80 bits per heavy atom. The Balaban J connectivity index is 1.87. The van der Waals surface area contributed by atoms with E-state index in [0.29, 0.717) is 10.8 Å². The van der Waals surface area contributed by atoms with Gasteiger partial charge in [-0.15, -0.1) is 0 Å². The molecule has 124 valence electrons. The minimum absolute atomic E-state index is 0.652. The fourth-order valence-corrected chi connectivity index (χ4v) is 2.90. The van der Waals surface area contributed by atoms with Crippen molar-refractivity contribution in [1.29, 1.82) is 0 Å². The molecule has 0 amide bonds. The van der Waals surface area contributed by atoms with E-state index in [1.807, 2.05) is 40.9 Å². The summed E-state index contributed by atoms with van der Waals surface area (Å²) in [6.45, 7) is 4.22. The van der Waals surface area contributed by atoms with Crippen LogP contribution in [0.4, 0.5) is 11.5 Å². The Bertz CT molecular complexity index is 1050. The van der Waals surface area contributed by atoms with Gasteiger partial charge in [0.1, 0.15) is 11.5 Å². The van der Waals surface area contributed by atoms with Crippen molar-refractivity contribution in [2.75, 3.05) is 5.32 Å². The minimum Gasteiger partial charge on any atom is -0.339 e. The van der Waals surface area contributed by atoms with E-state index in [9.17, 15) is 0 Å². The largest absolute Gasteiger partial charge is 0.339 e. The number of nitrogens with zero attached hydrogens (tertiary/aromatic N) is 3. The highest BCUT2D eigenvalue weighted by Gasteiger charge is 2.15. The Hall–Kier alpha value is -2.85. The maximum atomic E-state index is 6.03. The van der Waals surface area contributed by atoms with Crippen LogP contribution in [0.5, 0.6) is 0 Å². The Morgan fingerprint density at radius 3 is 2.56 bits per heavy atom. The van der Waals surface area contributed by atoms with Crippen molar-refractivity contribution in [3.8, 4) is 11.3 Å². The Morgan fingerprint density at radius 1 is 1.00 bits per heavy atom. The van der Waals surface area contributed by atoms with Gasteiger partial charge in [0.05, 0.1) is 0 Å². The summed E-state index contributed by atoms with van der Waals surface area (Å²) in [5.41, 5.74) is 5.35. The van der Waals surface area contributed by atoms with Gasteiger partial charge in [-0.2, -0.15) is 0 Å². The summed E-state index contributed by atoms with van der Waals surface area (Å²) in [5, 5.41) is 4.21. The second-order valence-corrected chi connectivity index (χ2v) is 6.47. The number of aromatic nitrogens is 3. The molecule has 0 saturated carbocycles. The van der Waals surface area contributed by atoms with E-state index < -0.39 is 0 Å². The first-order valence-corrected chi connectivity index (χ1v) is 8.43. The molecule has 5 heteroatoms. The number of aryl methyl sites for hydroxylation is 2. The van der Waals surface area contributed by atoms with Gasteiger partial charge in [-0.3, -0.25) is 4.40 Å². The van der Waals surface area contributed by atoms with Gasteiger partial charge in [-0.1, -0.05) is 29.8 Å². The topological polar surface area (TPSA) is 42.2 Å². The summed E-state index contributed by atoms with van der Waals surface area (Å²) in [5.74, 6) is 1.53. The molecule has 0 fully saturated rings. The van der Waals surface area contributed by atoms with Crippen LogP contribution in [0.15, 0.2) is 60.9 Å². The standard InChI is InChI=1S/C20H17ClN4/c1-13-4-9-17(12-14(13)2)23-19-18(15-5-7-16(21)8-6-15)24-20-22-10-3-11-25(19)20/h3-12,23H,1-2H3. The van der Waals surface area contributed by atoms with Crippen LogP contribution in [0.25, 0.3) is 17.0 Å². The molecule has 0 aliphatic heterocycles. The molecule has 2 aromatic carbocycles. The molecule has 0 spiro atoms. The highest BCUT2D eigenvalue weighted by atomic mass is 35.5. The number of benzene rings is 2. The predicted octanol–water partition coefficient (Wildman–Crippen LogP) is 5.41. The monoisotopic (exact) mass is 348 g/mol. The van der Waals surface area contributed by atoms with Gasteiger partial charge >= 0.3 is 0 Å². The normalized spacial score (nSPS) is 11.0. The summed E-state index contributed by atoms with van der Waals surface area (Å²) >= 11 is 6.03. The third kappa shape index (κ3) is 2.96. The van der Waals surface area contributed by atoms with E-state index in [1.165, 1.54) is 11.1 Å². The van der Waals surface area contributed by atoms with E-state index in [4.69, 9.17) is 16.6 Å². The Kier molecular flexibility index (Phi) is 3.90. The van der Waals surface area contributed by atoms with Crippen LogP contribution < -0.4 is 5.32 Å². The molecule has 4 nitrogen and oxygen atoms in total. The molecule has 25 heavy (non-hydrogen) atoms. The first-order valence-electron chi connectivity index (χ1n) is 8.05. The molecular formula is C20H17ClN4. The molecule has 0 bridgehead atoms. The number of rotatable bonds is 3. The zero-order chi connectivity index (χ0) is 17.4. The second-order valence-electron chi connectivity index (χ2n) is 6.03. The van der Waals surface area contributed by atoms with Crippen molar-refractivity contribution in [3.05, 3.63) is 77.1 Å². The van der Waals surface area contributed by atoms with Crippen LogP contribution in [0.3, 0.4) is 0 Å². The van der Waals surface area contributed by atoms with E-state index >= 15 is 0 Å². The zero-order valence-electron chi connectivity index (χ0n) is 14.0. The van der Waals surface area contributed by atoms with Crippen molar-refractivity contribution >= 4 is 28.9 Å². The van der Waals surface area contributed by atoms with Crippen molar-refractivity contribution in [3.63, 3.8) is 0 Å². The summed E-state index contributed by atoms with van der Waals surface area (Å²) in [6, 6.07) is 15.9. The van der Waals surface area contributed by atoms with Gasteiger partial charge in [0.2, 0.25) is 5.78 Å². The maximum Gasteiger partial charge on any atom is 0.235 e. The average molecular weight is 349 g/mol. The molecule has 0 aliphatic carbocycles. The number of hydrogen-bond acceptors (Lipinski definition) is 3. The van der Waals surface area contributed by atoms with Gasteiger partial charge < -0.3 is 5.32 Å². The molecule has 4 aromatic rings. The lowest BCUT2D eigenvalue weighted by Gasteiger charge is -2.10. The molecule has 0 unspecified atom stereocenters. The number of anilines is 2. The number of halogens is 1. The van der Waals surface area contributed by atoms with Crippen LogP contribution in [-0.2, 0) is 0 Å². The predicted molar refractivity (Wildman–Crippen MR) is 103 cm³/mol. The Labute approximate surface area is 151 Å². The molecule has 4 rings (SSSR count). The van der Waals surface area contributed by atoms with Gasteiger partial charge in [0, 0.05) is 28.7 Å². The highest BCUT2D eigenvalue weighted by Crippen LogP contribution is 2.31. The van der Waals surface area contributed by atoms with Crippen molar-refractivity contribution in [2.24, 2.45) is 0 Å². The lowest BCUT2D eigenvalue weighted by Crippen LogP contribution is -1.98. The number of hydrogen-bond donors (Lipinski definition) is 1. The molecule has 0 atom stereocenters. The first-order chi connectivity index (χ1) is 12.1. The fourth-order valence-electron chi connectivity index (χ4n) is 2.77. The number of imidazole rings is 1. The second kappa shape index (κ2) is 6.22. The molecule has 2 aromatic heterocycles.